The van der Waals surface area contributed by atoms with Crippen molar-refractivity contribution in [2.75, 3.05) is 13.2 Å². The Kier molecular flexibility index (Phi) is 5.20. The molecule has 1 amide bonds. The van der Waals surface area contributed by atoms with E-state index < -0.39 is 5.82 Å². The van der Waals surface area contributed by atoms with Gasteiger partial charge in [-0.1, -0.05) is 18.2 Å². The molecule has 0 aromatic heterocycles. The van der Waals surface area contributed by atoms with Gasteiger partial charge in [-0.3, -0.25) is 4.79 Å². The van der Waals surface area contributed by atoms with Crippen LogP contribution in [0.4, 0.5) is 8.78 Å². The predicted molar refractivity (Wildman–Crippen MR) is 86.5 cm³/mol. The molecule has 1 atom stereocenters. The number of amides is 1. The molecular formula is C19H19F2NO2. The summed E-state index contributed by atoms with van der Waals surface area (Å²) in [5, 5.41) is 0. The number of carbonyl (C=O) groups is 1. The number of hydrogen-bond donors (Lipinski definition) is 0. The van der Waals surface area contributed by atoms with Crippen LogP contribution in [0.25, 0.3) is 0 Å². The molecule has 1 heterocycles. The maximum absolute atomic E-state index is 14.0. The fourth-order valence-electron chi connectivity index (χ4n) is 2.86. The lowest BCUT2D eigenvalue weighted by atomic mass is 10.1. The van der Waals surface area contributed by atoms with Crippen molar-refractivity contribution in [1.29, 1.82) is 0 Å². The minimum absolute atomic E-state index is 0.0406. The van der Waals surface area contributed by atoms with E-state index in [-0.39, 0.29) is 24.4 Å². The SMILES string of the molecule is O=C(c1ccc(F)cc1)N(Cc1ccccc1F)CC1CCCO1. The van der Waals surface area contributed by atoms with E-state index in [2.05, 4.69) is 0 Å². The molecule has 0 spiro atoms. The van der Waals surface area contributed by atoms with E-state index in [4.69, 9.17) is 4.74 Å². The molecule has 0 N–H and O–H groups in total. The molecule has 2 aromatic carbocycles. The van der Waals surface area contributed by atoms with E-state index >= 15 is 0 Å². The van der Waals surface area contributed by atoms with Gasteiger partial charge in [-0.2, -0.15) is 0 Å². The first-order valence-electron chi connectivity index (χ1n) is 8.03. The number of hydrogen-bond acceptors (Lipinski definition) is 2. The van der Waals surface area contributed by atoms with E-state index in [1.165, 1.54) is 30.3 Å². The first-order chi connectivity index (χ1) is 11.6. The number of ether oxygens (including phenoxy) is 1. The summed E-state index contributed by atoms with van der Waals surface area (Å²) in [6.07, 6.45) is 1.80. The van der Waals surface area contributed by atoms with E-state index in [0.29, 0.717) is 24.3 Å². The monoisotopic (exact) mass is 331 g/mol. The Morgan fingerprint density at radius 1 is 1.12 bits per heavy atom. The highest BCUT2D eigenvalue weighted by molar-refractivity contribution is 5.94. The summed E-state index contributed by atoms with van der Waals surface area (Å²) >= 11 is 0. The van der Waals surface area contributed by atoms with Crippen molar-refractivity contribution in [3.63, 3.8) is 0 Å². The smallest absolute Gasteiger partial charge is 0.254 e. The first kappa shape index (κ1) is 16.6. The summed E-state index contributed by atoms with van der Waals surface area (Å²) in [5.74, 6) is -0.998. The van der Waals surface area contributed by atoms with Gasteiger partial charge in [-0.25, -0.2) is 8.78 Å². The molecule has 24 heavy (non-hydrogen) atoms. The summed E-state index contributed by atoms with van der Waals surface area (Å²) in [5.41, 5.74) is 0.830. The molecule has 0 bridgehead atoms. The third kappa shape index (κ3) is 3.97. The molecule has 0 radical (unpaired) electrons. The van der Waals surface area contributed by atoms with E-state index in [1.54, 1.807) is 23.1 Å². The number of halogens is 2. The topological polar surface area (TPSA) is 29.5 Å². The third-order valence-corrected chi connectivity index (χ3v) is 4.15. The standard InChI is InChI=1S/C19H19F2NO2/c20-16-9-7-14(8-10-16)19(23)22(13-17-5-3-11-24-17)12-15-4-1-2-6-18(15)21/h1-2,4,6-10,17H,3,5,11-13H2. The van der Waals surface area contributed by atoms with Crippen LogP contribution in [0.1, 0.15) is 28.8 Å². The van der Waals surface area contributed by atoms with Crippen molar-refractivity contribution in [3.8, 4) is 0 Å². The summed E-state index contributed by atoms with van der Waals surface area (Å²) in [6, 6.07) is 11.8. The molecule has 5 heteroatoms. The molecule has 2 aromatic rings. The lowest BCUT2D eigenvalue weighted by Crippen LogP contribution is -2.37. The Morgan fingerprint density at radius 2 is 1.88 bits per heavy atom. The first-order valence-corrected chi connectivity index (χ1v) is 8.03. The van der Waals surface area contributed by atoms with Gasteiger partial charge < -0.3 is 9.64 Å². The summed E-state index contributed by atoms with van der Waals surface area (Å²) in [4.78, 5) is 14.4. The Hall–Kier alpha value is -2.27. The van der Waals surface area contributed by atoms with Gasteiger partial charge in [0.2, 0.25) is 0 Å². The lowest BCUT2D eigenvalue weighted by Gasteiger charge is -2.26. The van der Waals surface area contributed by atoms with Gasteiger partial charge in [0.15, 0.2) is 0 Å². The zero-order valence-corrected chi connectivity index (χ0v) is 13.3. The Labute approximate surface area is 139 Å². The second-order valence-corrected chi connectivity index (χ2v) is 5.92. The number of rotatable bonds is 5. The summed E-state index contributed by atoms with van der Waals surface area (Å²) < 4.78 is 32.7. The molecular weight excluding hydrogens is 312 g/mol. The molecule has 0 saturated carbocycles. The van der Waals surface area contributed by atoms with Crippen molar-refractivity contribution in [3.05, 3.63) is 71.3 Å². The Balaban J connectivity index is 1.81. The number of benzene rings is 2. The van der Waals surface area contributed by atoms with Gasteiger partial charge in [-0.15, -0.1) is 0 Å². The zero-order chi connectivity index (χ0) is 16.9. The van der Waals surface area contributed by atoms with Crippen LogP contribution in [-0.2, 0) is 11.3 Å². The average Bonchev–Trinajstić information content (AvgIpc) is 3.09. The van der Waals surface area contributed by atoms with Gasteiger partial charge in [-0.05, 0) is 43.2 Å². The summed E-state index contributed by atoms with van der Waals surface area (Å²) in [6.45, 7) is 1.23. The normalized spacial score (nSPS) is 17.0. The van der Waals surface area contributed by atoms with E-state index in [9.17, 15) is 13.6 Å². The fourth-order valence-corrected chi connectivity index (χ4v) is 2.86. The van der Waals surface area contributed by atoms with Crippen molar-refractivity contribution in [2.45, 2.75) is 25.5 Å². The van der Waals surface area contributed by atoms with Crippen LogP contribution in [0.3, 0.4) is 0 Å². The van der Waals surface area contributed by atoms with Gasteiger partial charge >= 0.3 is 0 Å². The Morgan fingerprint density at radius 3 is 2.54 bits per heavy atom. The summed E-state index contributed by atoms with van der Waals surface area (Å²) in [7, 11) is 0. The quantitative estimate of drug-likeness (QED) is 0.834. The van der Waals surface area contributed by atoms with Crippen LogP contribution in [0, 0.1) is 11.6 Å². The van der Waals surface area contributed by atoms with Crippen molar-refractivity contribution in [1.82, 2.24) is 4.90 Å². The van der Waals surface area contributed by atoms with Crippen LogP contribution in [0.15, 0.2) is 48.5 Å². The highest BCUT2D eigenvalue weighted by atomic mass is 19.1. The van der Waals surface area contributed by atoms with Crippen LogP contribution >= 0.6 is 0 Å². The minimum Gasteiger partial charge on any atom is -0.376 e. The molecule has 0 aliphatic carbocycles. The average molecular weight is 331 g/mol. The fraction of sp³-hybridized carbons (Fsp3) is 0.316. The van der Waals surface area contributed by atoms with Crippen LogP contribution in [0.5, 0.6) is 0 Å². The molecule has 1 aliphatic rings. The molecule has 1 fully saturated rings. The van der Waals surface area contributed by atoms with Crippen LogP contribution in [0.2, 0.25) is 0 Å². The van der Waals surface area contributed by atoms with Gasteiger partial charge in [0.1, 0.15) is 11.6 Å². The van der Waals surface area contributed by atoms with Crippen LogP contribution in [-0.4, -0.2) is 30.1 Å². The second-order valence-electron chi connectivity index (χ2n) is 5.92. The van der Waals surface area contributed by atoms with Gasteiger partial charge in [0.25, 0.3) is 5.91 Å². The molecule has 3 rings (SSSR count). The zero-order valence-electron chi connectivity index (χ0n) is 13.3. The van der Waals surface area contributed by atoms with E-state index in [0.717, 1.165) is 12.8 Å². The van der Waals surface area contributed by atoms with Crippen molar-refractivity contribution >= 4 is 5.91 Å². The lowest BCUT2D eigenvalue weighted by molar-refractivity contribution is 0.0505. The third-order valence-electron chi connectivity index (χ3n) is 4.15. The predicted octanol–water partition coefficient (Wildman–Crippen LogP) is 3.79. The van der Waals surface area contributed by atoms with Crippen molar-refractivity contribution in [2.24, 2.45) is 0 Å². The number of carbonyl (C=O) groups excluding carboxylic acids is 1. The molecule has 1 saturated heterocycles. The molecule has 1 unspecified atom stereocenters. The molecule has 3 nitrogen and oxygen atoms in total. The molecule has 126 valence electrons. The highest BCUT2D eigenvalue weighted by Crippen LogP contribution is 2.18. The minimum atomic E-state index is -0.397. The van der Waals surface area contributed by atoms with E-state index in [1.807, 2.05) is 0 Å². The van der Waals surface area contributed by atoms with Crippen LogP contribution < -0.4 is 0 Å². The Bertz CT molecular complexity index is 697. The number of nitrogens with zero attached hydrogens (tertiary/aromatic N) is 1. The molecule has 1 aliphatic heterocycles. The second kappa shape index (κ2) is 7.53. The highest BCUT2D eigenvalue weighted by Gasteiger charge is 2.24. The van der Waals surface area contributed by atoms with Crippen molar-refractivity contribution < 1.29 is 18.3 Å². The largest absolute Gasteiger partial charge is 0.376 e. The van der Waals surface area contributed by atoms with Gasteiger partial charge in [0.05, 0.1) is 6.10 Å². The van der Waals surface area contributed by atoms with Gasteiger partial charge in [0, 0.05) is 30.8 Å². The maximum Gasteiger partial charge on any atom is 0.254 e. The maximum atomic E-state index is 14.0.